The number of carbonyl (C=O) groups excluding carboxylic acids is 1. The molecule has 1 aromatic rings. The number of aromatic nitrogens is 1. The molecule has 6 heteroatoms. The molecular weight excluding hydrogens is 258 g/mol. The van der Waals surface area contributed by atoms with E-state index >= 15 is 0 Å². The highest BCUT2D eigenvalue weighted by Gasteiger charge is 2.21. The van der Waals surface area contributed by atoms with Gasteiger partial charge in [-0.3, -0.25) is 9.59 Å². The van der Waals surface area contributed by atoms with Gasteiger partial charge in [-0.05, 0) is 24.0 Å². The first-order valence-electron chi connectivity index (χ1n) is 6.42. The Morgan fingerprint density at radius 1 is 1.40 bits per heavy atom. The van der Waals surface area contributed by atoms with Crippen molar-refractivity contribution < 1.29 is 14.7 Å². The average Bonchev–Trinajstić information content (AvgIpc) is 2.25. The Balaban J connectivity index is 2.85. The lowest BCUT2D eigenvalue weighted by Crippen LogP contribution is -2.29. The van der Waals surface area contributed by atoms with Crippen molar-refractivity contribution >= 4 is 17.7 Å². The quantitative estimate of drug-likeness (QED) is 0.737. The number of nitrogens with two attached hydrogens (primary N) is 1. The minimum atomic E-state index is -0.877. The van der Waals surface area contributed by atoms with E-state index in [0.717, 1.165) is 0 Å². The van der Waals surface area contributed by atoms with Gasteiger partial charge in [0, 0.05) is 6.04 Å². The summed E-state index contributed by atoms with van der Waals surface area (Å²) in [5.74, 6) is -1.03. The molecule has 110 valence electrons. The zero-order chi connectivity index (χ0) is 15.3. The summed E-state index contributed by atoms with van der Waals surface area (Å²) in [5.41, 5.74) is 5.31. The van der Waals surface area contributed by atoms with Gasteiger partial charge in [-0.1, -0.05) is 26.8 Å². The number of carboxylic acid groups (broad SMARTS) is 1. The number of primary amides is 1. The molecule has 1 atom stereocenters. The van der Waals surface area contributed by atoms with Gasteiger partial charge in [0.2, 0.25) is 0 Å². The van der Waals surface area contributed by atoms with Crippen LogP contribution in [0.2, 0.25) is 0 Å². The molecule has 6 nitrogen and oxygen atoms in total. The summed E-state index contributed by atoms with van der Waals surface area (Å²) in [5, 5.41) is 12.0. The van der Waals surface area contributed by atoms with E-state index in [1.165, 1.54) is 6.07 Å². The van der Waals surface area contributed by atoms with E-state index in [2.05, 4.69) is 10.3 Å². The summed E-state index contributed by atoms with van der Waals surface area (Å²) in [7, 11) is 0. The van der Waals surface area contributed by atoms with Crippen LogP contribution in [0.1, 0.15) is 44.1 Å². The largest absolute Gasteiger partial charge is 0.481 e. The van der Waals surface area contributed by atoms with E-state index in [-0.39, 0.29) is 23.6 Å². The Kier molecular flexibility index (Phi) is 5.07. The summed E-state index contributed by atoms with van der Waals surface area (Å²) in [6.45, 7) is 6.12. The second-order valence-electron chi connectivity index (χ2n) is 5.98. The second-order valence-corrected chi connectivity index (χ2v) is 5.98. The minimum absolute atomic E-state index is 0.0141. The standard InChI is InChI=1S/C14H21N3O3/c1-14(2,3)8-9(7-12(18)19)16-11-6-4-5-10(17-11)13(15)20/h4-6,9H,7-8H2,1-3H3,(H2,15,20)(H,16,17)(H,18,19). The van der Waals surface area contributed by atoms with E-state index in [1.807, 2.05) is 20.8 Å². The van der Waals surface area contributed by atoms with Crippen LogP contribution in [0.15, 0.2) is 18.2 Å². The average molecular weight is 279 g/mol. The molecule has 0 spiro atoms. The molecule has 0 aliphatic rings. The van der Waals surface area contributed by atoms with Crippen molar-refractivity contribution in [3.8, 4) is 0 Å². The highest BCUT2D eigenvalue weighted by atomic mass is 16.4. The summed E-state index contributed by atoms with van der Waals surface area (Å²) in [4.78, 5) is 26.1. The van der Waals surface area contributed by atoms with Crippen molar-refractivity contribution in [1.29, 1.82) is 0 Å². The lowest BCUT2D eigenvalue weighted by atomic mass is 9.87. The van der Waals surface area contributed by atoms with Crippen LogP contribution in [0.25, 0.3) is 0 Å². The Morgan fingerprint density at radius 2 is 2.05 bits per heavy atom. The smallest absolute Gasteiger partial charge is 0.305 e. The Hall–Kier alpha value is -2.11. The first-order valence-corrected chi connectivity index (χ1v) is 6.42. The number of hydrogen-bond acceptors (Lipinski definition) is 4. The SMILES string of the molecule is CC(C)(C)CC(CC(=O)O)Nc1cccc(C(N)=O)n1. The summed E-state index contributed by atoms with van der Waals surface area (Å²) in [6.07, 6.45) is 0.654. The van der Waals surface area contributed by atoms with Gasteiger partial charge in [-0.25, -0.2) is 4.98 Å². The molecule has 0 aliphatic heterocycles. The lowest BCUT2D eigenvalue weighted by molar-refractivity contribution is -0.137. The predicted molar refractivity (Wildman–Crippen MR) is 76.5 cm³/mol. The van der Waals surface area contributed by atoms with Gasteiger partial charge in [-0.2, -0.15) is 0 Å². The van der Waals surface area contributed by atoms with Gasteiger partial charge in [0.1, 0.15) is 11.5 Å². The van der Waals surface area contributed by atoms with Gasteiger partial charge >= 0.3 is 5.97 Å². The minimum Gasteiger partial charge on any atom is -0.481 e. The number of carboxylic acids is 1. The van der Waals surface area contributed by atoms with E-state index in [0.29, 0.717) is 12.2 Å². The van der Waals surface area contributed by atoms with Crippen LogP contribution >= 0.6 is 0 Å². The molecular formula is C14H21N3O3. The van der Waals surface area contributed by atoms with Gasteiger partial charge in [0.25, 0.3) is 5.91 Å². The fourth-order valence-corrected chi connectivity index (χ4v) is 1.99. The molecule has 1 rings (SSSR count). The monoisotopic (exact) mass is 279 g/mol. The third-order valence-electron chi connectivity index (χ3n) is 2.63. The maximum Gasteiger partial charge on any atom is 0.305 e. The maximum atomic E-state index is 11.1. The molecule has 0 aliphatic carbocycles. The Bertz CT molecular complexity index is 495. The number of hydrogen-bond donors (Lipinski definition) is 3. The molecule has 4 N–H and O–H groups in total. The van der Waals surface area contributed by atoms with Gasteiger partial charge in [0.15, 0.2) is 0 Å². The summed E-state index contributed by atoms with van der Waals surface area (Å²) >= 11 is 0. The molecule has 1 aromatic heterocycles. The summed E-state index contributed by atoms with van der Waals surface area (Å²) < 4.78 is 0. The highest BCUT2D eigenvalue weighted by Crippen LogP contribution is 2.24. The molecule has 0 bridgehead atoms. The second kappa shape index (κ2) is 6.36. The fourth-order valence-electron chi connectivity index (χ4n) is 1.99. The number of amides is 1. The molecule has 1 heterocycles. The van der Waals surface area contributed by atoms with Crippen LogP contribution in [0, 0.1) is 5.41 Å². The van der Waals surface area contributed by atoms with Crippen LogP contribution < -0.4 is 11.1 Å². The van der Waals surface area contributed by atoms with Crippen molar-refractivity contribution in [3.05, 3.63) is 23.9 Å². The zero-order valence-corrected chi connectivity index (χ0v) is 12.0. The zero-order valence-electron chi connectivity index (χ0n) is 12.0. The number of rotatable bonds is 6. The fraction of sp³-hybridized carbons (Fsp3) is 0.500. The van der Waals surface area contributed by atoms with Gasteiger partial charge < -0.3 is 16.2 Å². The van der Waals surface area contributed by atoms with Crippen LogP contribution in [0.3, 0.4) is 0 Å². The number of pyridine rings is 1. The van der Waals surface area contributed by atoms with Gasteiger partial charge in [0.05, 0.1) is 6.42 Å². The first kappa shape index (κ1) is 15.9. The van der Waals surface area contributed by atoms with Crippen molar-refractivity contribution in [1.82, 2.24) is 4.98 Å². The van der Waals surface area contributed by atoms with Crippen molar-refractivity contribution in [2.24, 2.45) is 11.1 Å². The number of nitrogens with zero attached hydrogens (tertiary/aromatic N) is 1. The third kappa shape index (κ3) is 5.69. The maximum absolute atomic E-state index is 11.1. The summed E-state index contributed by atoms with van der Waals surface area (Å²) in [6, 6.07) is 4.60. The molecule has 1 amide bonds. The van der Waals surface area contributed by atoms with Crippen LogP contribution in [-0.2, 0) is 4.79 Å². The predicted octanol–water partition coefficient (Wildman–Crippen LogP) is 1.87. The van der Waals surface area contributed by atoms with Crippen molar-refractivity contribution in [2.75, 3.05) is 5.32 Å². The number of aliphatic carboxylic acids is 1. The van der Waals surface area contributed by atoms with E-state index in [9.17, 15) is 9.59 Å². The lowest BCUT2D eigenvalue weighted by Gasteiger charge is -2.26. The molecule has 0 aromatic carbocycles. The number of carbonyl (C=O) groups is 2. The van der Waals surface area contributed by atoms with E-state index < -0.39 is 11.9 Å². The highest BCUT2D eigenvalue weighted by molar-refractivity contribution is 5.91. The molecule has 0 saturated carbocycles. The third-order valence-corrected chi connectivity index (χ3v) is 2.63. The van der Waals surface area contributed by atoms with Crippen molar-refractivity contribution in [3.63, 3.8) is 0 Å². The molecule has 0 radical (unpaired) electrons. The molecule has 0 saturated heterocycles. The molecule has 0 fully saturated rings. The van der Waals surface area contributed by atoms with Crippen LogP contribution in [0.5, 0.6) is 0 Å². The van der Waals surface area contributed by atoms with E-state index in [1.54, 1.807) is 12.1 Å². The first-order chi connectivity index (χ1) is 9.17. The Morgan fingerprint density at radius 3 is 2.55 bits per heavy atom. The van der Waals surface area contributed by atoms with Crippen LogP contribution in [-0.4, -0.2) is 28.0 Å². The molecule has 1 unspecified atom stereocenters. The number of anilines is 1. The van der Waals surface area contributed by atoms with Gasteiger partial charge in [-0.15, -0.1) is 0 Å². The topological polar surface area (TPSA) is 105 Å². The molecule has 20 heavy (non-hydrogen) atoms. The normalized spacial score (nSPS) is 12.8. The van der Waals surface area contributed by atoms with Crippen LogP contribution in [0.4, 0.5) is 5.82 Å². The van der Waals surface area contributed by atoms with E-state index in [4.69, 9.17) is 10.8 Å². The number of nitrogens with one attached hydrogen (secondary N) is 1. The Labute approximate surface area is 118 Å². The van der Waals surface area contributed by atoms with Crippen molar-refractivity contribution in [2.45, 2.75) is 39.7 Å².